The van der Waals surface area contributed by atoms with Crippen LogP contribution in [0, 0.1) is 10.1 Å². The average molecular weight is 466 g/mol. The average Bonchev–Trinajstić information content (AvgIpc) is 3.25. The number of hydrogen-bond donors (Lipinski definition) is 1. The fourth-order valence-electron chi connectivity index (χ4n) is 5.42. The van der Waals surface area contributed by atoms with Crippen LogP contribution in [0.5, 0.6) is 0 Å². The summed E-state index contributed by atoms with van der Waals surface area (Å²) in [7, 11) is 0. The number of H-pyrrole nitrogens is 1. The Balaban J connectivity index is 1.48. The number of nitrogens with zero attached hydrogens (tertiary/aromatic N) is 3. The Morgan fingerprint density at radius 1 is 0.971 bits per heavy atom. The lowest BCUT2D eigenvalue weighted by atomic mass is 9.86. The van der Waals surface area contributed by atoms with Gasteiger partial charge >= 0.3 is 0 Å². The van der Waals surface area contributed by atoms with E-state index < -0.39 is 17.0 Å². The standard InChI is InChI=1S/C27H22N4O4/c32-24-16-29(15-17-7-2-1-3-8-17)27(33)23-14-21-20-11-4-5-12-22(20)28-25(21)26(30(23)24)18-9-6-10-19(13-18)31(34)35/h1-13,23,26,28H,14-16H2/t23-,26-/m0/s1. The zero-order chi connectivity index (χ0) is 24.1. The van der Waals surface area contributed by atoms with Crippen LogP contribution in [0.2, 0.25) is 0 Å². The molecule has 0 spiro atoms. The number of rotatable bonds is 4. The van der Waals surface area contributed by atoms with Crippen LogP contribution in [0.1, 0.15) is 28.4 Å². The maximum absolute atomic E-state index is 13.7. The van der Waals surface area contributed by atoms with E-state index in [2.05, 4.69) is 4.98 Å². The van der Waals surface area contributed by atoms with Crippen LogP contribution in [-0.2, 0) is 22.6 Å². The van der Waals surface area contributed by atoms with Gasteiger partial charge in [0.1, 0.15) is 12.6 Å². The van der Waals surface area contributed by atoms with Gasteiger partial charge in [-0.3, -0.25) is 19.7 Å². The molecule has 8 nitrogen and oxygen atoms in total. The minimum atomic E-state index is -0.684. The Morgan fingerprint density at radius 2 is 1.74 bits per heavy atom. The fraction of sp³-hybridized carbons (Fsp3) is 0.185. The molecule has 1 saturated heterocycles. The molecule has 0 unspecified atom stereocenters. The second-order valence-electron chi connectivity index (χ2n) is 9.02. The van der Waals surface area contributed by atoms with Gasteiger partial charge in [-0.05, 0) is 22.8 Å². The molecule has 0 aliphatic carbocycles. The van der Waals surface area contributed by atoms with Crippen molar-refractivity contribution in [2.75, 3.05) is 6.54 Å². The zero-order valence-electron chi connectivity index (χ0n) is 18.8. The van der Waals surface area contributed by atoms with Crippen molar-refractivity contribution >= 4 is 28.4 Å². The Hall–Kier alpha value is -4.46. The molecule has 3 aromatic carbocycles. The van der Waals surface area contributed by atoms with Crippen molar-refractivity contribution in [1.29, 1.82) is 0 Å². The summed E-state index contributed by atoms with van der Waals surface area (Å²) in [5, 5.41) is 12.5. The summed E-state index contributed by atoms with van der Waals surface area (Å²) in [5.74, 6) is -0.286. The highest BCUT2D eigenvalue weighted by atomic mass is 16.6. The maximum Gasteiger partial charge on any atom is 0.269 e. The van der Waals surface area contributed by atoms with Crippen LogP contribution in [0.3, 0.4) is 0 Å². The number of carbonyl (C=O) groups is 2. The Labute approximate surface area is 200 Å². The molecular weight excluding hydrogens is 444 g/mol. The molecule has 0 saturated carbocycles. The van der Waals surface area contributed by atoms with E-state index in [0.29, 0.717) is 18.5 Å². The largest absolute Gasteiger partial charge is 0.356 e. The second-order valence-corrected chi connectivity index (χ2v) is 9.02. The summed E-state index contributed by atoms with van der Waals surface area (Å²) in [4.78, 5) is 45.1. The van der Waals surface area contributed by atoms with Crippen molar-refractivity contribution in [2.24, 2.45) is 0 Å². The number of piperazine rings is 1. The summed E-state index contributed by atoms with van der Waals surface area (Å²) < 4.78 is 0. The number of non-ortho nitro benzene ring substituents is 1. The molecular formula is C27H22N4O4. The number of nitro benzene ring substituents is 1. The Kier molecular flexibility index (Phi) is 4.88. The van der Waals surface area contributed by atoms with E-state index in [1.807, 2.05) is 54.6 Å². The van der Waals surface area contributed by atoms with Gasteiger partial charge in [0.05, 0.1) is 11.0 Å². The van der Waals surface area contributed by atoms with Crippen LogP contribution in [0.15, 0.2) is 78.9 Å². The number of hydrogen-bond acceptors (Lipinski definition) is 4. The fourth-order valence-corrected chi connectivity index (χ4v) is 5.42. The molecule has 2 aliphatic rings. The van der Waals surface area contributed by atoms with E-state index in [-0.39, 0.29) is 24.0 Å². The first kappa shape index (κ1) is 21.1. The van der Waals surface area contributed by atoms with E-state index >= 15 is 0 Å². The minimum absolute atomic E-state index is 0.0365. The van der Waals surface area contributed by atoms with Crippen LogP contribution in [-0.4, -0.2) is 44.1 Å². The number of aromatic nitrogens is 1. The predicted octanol–water partition coefficient (Wildman–Crippen LogP) is 3.96. The summed E-state index contributed by atoms with van der Waals surface area (Å²) >= 11 is 0. The van der Waals surface area contributed by atoms with Gasteiger partial charge in [0, 0.05) is 41.7 Å². The van der Waals surface area contributed by atoms with Crippen LogP contribution in [0.25, 0.3) is 10.9 Å². The highest BCUT2D eigenvalue weighted by Crippen LogP contribution is 2.43. The topological polar surface area (TPSA) is 99.5 Å². The van der Waals surface area contributed by atoms with E-state index in [4.69, 9.17) is 0 Å². The van der Waals surface area contributed by atoms with Crippen molar-refractivity contribution in [3.05, 3.63) is 111 Å². The predicted molar refractivity (Wildman–Crippen MR) is 129 cm³/mol. The van der Waals surface area contributed by atoms with Gasteiger partial charge in [0.25, 0.3) is 5.69 Å². The smallest absolute Gasteiger partial charge is 0.269 e. The molecule has 4 aromatic rings. The van der Waals surface area contributed by atoms with Crippen LogP contribution >= 0.6 is 0 Å². The zero-order valence-corrected chi connectivity index (χ0v) is 18.8. The van der Waals surface area contributed by atoms with E-state index in [0.717, 1.165) is 27.7 Å². The molecule has 0 bridgehead atoms. The van der Waals surface area contributed by atoms with Gasteiger partial charge in [-0.15, -0.1) is 0 Å². The number of carbonyl (C=O) groups excluding carboxylic acids is 2. The molecule has 1 N–H and O–H groups in total. The molecule has 2 aliphatic heterocycles. The van der Waals surface area contributed by atoms with Crippen molar-refractivity contribution in [3.63, 3.8) is 0 Å². The third-order valence-corrected chi connectivity index (χ3v) is 6.96. The normalized spacial score (nSPS) is 19.5. The monoisotopic (exact) mass is 466 g/mol. The molecule has 1 fully saturated rings. The first-order valence-corrected chi connectivity index (χ1v) is 11.5. The SMILES string of the molecule is O=C1[C@@H]2Cc3c([nH]c4ccccc34)[C@H](c3cccc([N+](=O)[O-])c3)N2C(=O)CN1Cc1ccccc1. The summed E-state index contributed by atoms with van der Waals surface area (Å²) in [6.45, 7) is 0.323. The Morgan fingerprint density at radius 3 is 2.54 bits per heavy atom. The molecule has 6 rings (SSSR count). The molecule has 1 aromatic heterocycles. The van der Waals surface area contributed by atoms with Gasteiger partial charge in [-0.25, -0.2) is 0 Å². The van der Waals surface area contributed by atoms with Crippen molar-refractivity contribution in [1.82, 2.24) is 14.8 Å². The van der Waals surface area contributed by atoms with Gasteiger partial charge < -0.3 is 14.8 Å². The summed E-state index contributed by atoms with van der Waals surface area (Å²) in [6, 6.07) is 22.5. The van der Waals surface area contributed by atoms with E-state index in [9.17, 15) is 19.7 Å². The van der Waals surface area contributed by atoms with Crippen molar-refractivity contribution in [2.45, 2.75) is 25.0 Å². The van der Waals surface area contributed by atoms with Crippen molar-refractivity contribution in [3.8, 4) is 0 Å². The third-order valence-electron chi connectivity index (χ3n) is 6.96. The summed E-state index contributed by atoms with van der Waals surface area (Å²) in [6.07, 6.45) is 0.390. The second kappa shape index (κ2) is 8.09. The summed E-state index contributed by atoms with van der Waals surface area (Å²) in [5.41, 5.74) is 4.20. The molecule has 2 amide bonds. The van der Waals surface area contributed by atoms with Gasteiger partial charge in [0.15, 0.2) is 0 Å². The quantitative estimate of drug-likeness (QED) is 0.363. The lowest BCUT2D eigenvalue weighted by Crippen LogP contribution is -2.62. The molecule has 8 heteroatoms. The van der Waals surface area contributed by atoms with Gasteiger partial charge in [-0.1, -0.05) is 60.7 Å². The highest BCUT2D eigenvalue weighted by molar-refractivity contribution is 5.97. The van der Waals surface area contributed by atoms with Gasteiger partial charge in [0.2, 0.25) is 11.8 Å². The molecule has 2 atom stereocenters. The first-order chi connectivity index (χ1) is 17.0. The van der Waals surface area contributed by atoms with Crippen LogP contribution in [0.4, 0.5) is 5.69 Å². The number of nitro groups is 1. The number of benzene rings is 3. The van der Waals surface area contributed by atoms with Crippen LogP contribution < -0.4 is 0 Å². The first-order valence-electron chi connectivity index (χ1n) is 11.5. The van der Waals surface area contributed by atoms with E-state index in [1.165, 1.54) is 12.1 Å². The lowest BCUT2D eigenvalue weighted by molar-refractivity contribution is -0.384. The third kappa shape index (κ3) is 3.45. The maximum atomic E-state index is 13.7. The molecule has 3 heterocycles. The number of para-hydroxylation sites is 1. The molecule has 35 heavy (non-hydrogen) atoms. The number of aromatic amines is 1. The Bertz CT molecular complexity index is 1480. The number of amides is 2. The van der Waals surface area contributed by atoms with Gasteiger partial charge in [-0.2, -0.15) is 0 Å². The molecule has 0 radical (unpaired) electrons. The molecule has 174 valence electrons. The lowest BCUT2D eigenvalue weighted by Gasteiger charge is -2.47. The van der Waals surface area contributed by atoms with Crippen molar-refractivity contribution < 1.29 is 14.5 Å². The van der Waals surface area contributed by atoms with E-state index in [1.54, 1.807) is 21.9 Å². The number of nitrogens with one attached hydrogen (secondary N) is 1. The minimum Gasteiger partial charge on any atom is -0.356 e. The highest BCUT2D eigenvalue weighted by Gasteiger charge is 2.48. The number of fused-ring (bicyclic) bond motifs is 4.